The molecule has 3 aromatic heterocycles. The summed E-state index contributed by atoms with van der Waals surface area (Å²) in [7, 11) is 0. The average molecular weight is 427 g/mol. The lowest BCUT2D eigenvalue weighted by atomic mass is 10.2. The predicted molar refractivity (Wildman–Crippen MR) is 94.6 cm³/mol. The number of halogens is 5. The van der Waals surface area contributed by atoms with Gasteiger partial charge in [0.2, 0.25) is 5.91 Å². The fraction of sp³-hybridized carbons (Fsp3) is 0.353. The number of rotatable bonds is 4. The monoisotopic (exact) mass is 427 g/mol. The van der Waals surface area contributed by atoms with E-state index in [1.54, 1.807) is 5.32 Å². The number of aromatic amines is 1. The van der Waals surface area contributed by atoms with Crippen LogP contribution >= 0.6 is 0 Å². The van der Waals surface area contributed by atoms with Gasteiger partial charge in [-0.1, -0.05) is 0 Å². The van der Waals surface area contributed by atoms with Crippen LogP contribution in [-0.4, -0.2) is 62.3 Å². The number of amides is 1. The molecule has 13 heteroatoms. The predicted octanol–water partition coefficient (Wildman–Crippen LogP) is 2.15. The van der Waals surface area contributed by atoms with Gasteiger partial charge in [-0.25, -0.2) is 28.7 Å². The Morgan fingerprint density at radius 2 is 2.10 bits per heavy atom. The first-order valence-corrected chi connectivity index (χ1v) is 8.78. The van der Waals surface area contributed by atoms with E-state index in [1.165, 1.54) is 18.7 Å². The summed E-state index contributed by atoms with van der Waals surface area (Å²) in [6, 6.07) is -1.34. The average Bonchev–Trinajstić information content (AvgIpc) is 3.30. The Kier molecular flexibility index (Phi) is 4.95. The number of hydrogen-bond acceptors (Lipinski definition) is 6. The highest BCUT2D eigenvalue weighted by molar-refractivity contribution is 5.91. The van der Waals surface area contributed by atoms with Gasteiger partial charge in [-0.3, -0.25) is 4.79 Å². The molecule has 0 unspecified atom stereocenters. The SMILES string of the molecule is O=C(NCC(F)(F)F)[C@@H]1C[C@H](F)CN1c1nc(-c2c[nH]c3ncncc23)ncc1F. The summed E-state index contributed by atoms with van der Waals surface area (Å²) in [6.45, 7) is -1.96. The topological polar surface area (TPSA) is 99.7 Å². The summed E-state index contributed by atoms with van der Waals surface area (Å²) in [5, 5.41) is 2.27. The molecule has 0 spiro atoms. The van der Waals surface area contributed by atoms with Gasteiger partial charge in [-0.15, -0.1) is 0 Å². The van der Waals surface area contributed by atoms with E-state index in [0.29, 0.717) is 16.6 Å². The lowest BCUT2D eigenvalue weighted by Gasteiger charge is -2.25. The molecule has 0 aliphatic carbocycles. The van der Waals surface area contributed by atoms with E-state index in [0.717, 1.165) is 11.1 Å². The molecule has 0 radical (unpaired) electrons. The molecule has 1 aliphatic heterocycles. The molecular weight excluding hydrogens is 413 g/mol. The van der Waals surface area contributed by atoms with Crippen LogP contribution in [0.25, 0.3) is 22.4 Å². The quantitative estimate of drug-likeness (QED) is 0.619. The van der Waals surface area contributed by atoms with E-state index >= 15 is 0 Å². The van der Waals surface area contributed by atoms with Crippen LogP contribution in [0.15, 0.2) is 24.9 Å². The molecule has 4 heterocycles. The van der Waals surface area contributed by atoms with Gasteiger partial charge in [0.25, 0.3) is 0 Å². The van der Waals surface area contributed by atoms with Crippen LogP contribution in [0.1, 0.15) is 6.42 Å². The zero-order valence-electron chi connectivity index (χ0n) is 15.1. The van der Waals surface area contributed by atoms with Gasteiger partial charge in [-0.05, 0) is 0 Å². The van der Waals surface area contributed by atoms with Crippen molar-refractivity contribution < 1.29 is 26.7 Å². The van der Waals surface area contributed by atoms with Crippen molar-refractivity contribution in [3.63, 3.8) is 0 Å². The minimum atomic E-state index is -4.63. The molecular formula is C17H14F5N7O. The molecule has 1 amide bonds. The van der Waals surface area contributed by atoms with E-state index in [-0.39, 0.29) is 18.1 Å². The van der Waals surface area contributed by atoms with E-state index in [2.05, 4.69) is 24.9 Å². The van der Waals surface area contributed by atoms with Gasteiger partial charge < -0.3 is 15.2 Å². The zero-order chi connectivity index (χ0) is 21.5. The summed E-state index contributed by atoms with van der Waals surface area (Å²) in [4.78, 5) is 32.1. The molecule has 1 saturated heterocycles. The summed E-state index contributed by atoms with van der Waals surface area (Å²) >= 11 is 0. The molecule has 8 nitrogen and oxygen atoms in total. The lowest BCUT2D eigenvalue weighted by Crippen LogP contribution is -2.46. The van der Waals surface area contributed by atoms with Gasteiger partial charge in [0, 0.05) is 29.8 Å². The van der Waals surface area contributed by atoms with E-state index in [9.17, 15) is 26.7 Å². The number of nitrogens with zero attached hydrogens (tertiary/aromatic N) is 5. The number of alkyl halides is 4. The number of carbonyl (C=O) groups is 1. The highest BCUT2D eigenvalue weighted by Crippen LogP contribution is 2.31. The highest BCUT2D eigenvalue weighted by atomic mass is 19.4. The third-order valence-electron chi connectivity index (χ3n) is 4.61. The summed E-state index contributed by atoms with van der Waals surface area (Å²) in [5.41, 5.74) is 0.935. The largest absolute Gasteiger partial charge is 0.405 e. The number of H-pyrrole nitrogens is 1. The van der Waals surface area contributed by atoms with Crippen LogP contribution in [-0.2, 0) is 4.79 Å². The zero-order valence-corrected chi connectivity index (χ0v) is 15.1. The Labute approximate surface area is 165 Å². The first kappa shape index (κ1) is 19.9. The third-order valence-corrected chi connectivity index (χ3v) is 4.61. The van der Waals surface area contributed by atoms with Crippen molar-refractivity contribution in [2.24, 2.45) is 0 Å². The van der Waals surface area contributed by atoms with Crippen LogP contribution in [0.3, 0.4) is 0 Å². The molecule has 0 saturated carbocycles. The molecule has 0 aromatic carbocycles. The van der Waals surface area contributed by atoms with Crippen molar-refractivity contribution >= 4 is 22.8 Å². The molecule has 2 atom stereocenters. The number of hydrogen-bond donors (Lipinski definition) is 2. The van der Waals surface area contributed by atoms with Gasteiger partial charge in [0.1, 0.15) is 30.7 Å². The molecule has 0 bridgehead atoms. The van der Waals surface area contributed by atoms with Gasteiger partial charge >= 0.3 is 6.18 Å². The number of anilines is 1. The maximum atomic E-state index is 14.5. The summed E-state index contributed by atoms with van der Waals surface area (Å²) in [5.74, 6) is -2.31. The molecule has 2 N–H and O–H groups in total. The standard InChI is InChI=1S/C17H14F5N7O/c18-8-1-12(16(30)26-6-17(20,21)22)29(5-8)15-11(19)4-25-14(28-15)10-3-24-13-9(10)2-23-7-27-13/h2-4,7-8,12H,1,5-6H2,(H,26,30)(H,23,24,27)/t8-,12-/m0/s1. The molecule has 158 valence electrons. The second-order valence-corrected chi connectivity index (χ2v) is 6.69. The maximum Gasteiger partial charge on any atom is 0.405 e. The summed E-state index contributed by atoms with van der Waals surface area (Å²) in [6.07, 6.45) is -1.33. The van der Waals surface area contributed by atoms with Crippen molar-refractivity contribution in [2.75, 3.05) is 18.0 Å². The fourth-order valence-corrected chi connectivity index (χ4v) is 3.31. The summed E-state index contributed by atoms with van der Waals surface area (Å²) < 4.78 is 65.7. The van der Waals surface area contributed by atoms with Gasteiger partial charge in [0.05, 0.1) is 12.7 Å². The minimum absolute atomic E-state index is 0.0595. The van der Waals surface area contributed by atoms with E-state index in [1.807, 2.05) is 0 Å². The maximum absolute atomic E-state index is 14.5. The van der Waals surface area contributed by atoms with Crippen LogP contribution in [0.4, 0.5) is 27.8 Å². The molecule has 3 aromatic rings. The number of aromatic nitrogens is 5. The highest BCUT2D eigenvalue weighted by Gasteiger charge is 2.40. The normalized spacial score (nSPS) is 19.4. The van der Waals surface area contributed by atoms with Crippen molar-refractivity contribution in [2.45, 2.75) is 24.8 Å². The van der Waals surface area contributed by atoms with Crippen molar-refractivity contribution in [1.29, 1.82) is 0 Å². The van der Waals surface area contributed by atoms with Crippen molar-refractivity contribution in [3.05, 3.63) is 30.7 Å². The van der Waals surface area contributed by atoms with Crippen molar-refractivity contribution in [3.8, 4) is 11.4 Å². The van der Waals surface area contributed by atoms with Crippen LogP contribution < -0.4 is 10.2 Å². The number of fused-ring (bicyclic) bond motifs is 1. The van der Waals surface area contributed by atoms with Gasteiger partial charge in [0.15, 0.2) is 17.5 Å². The van der Waals surface area contributed by atoms with Crippen LogP contribution in [0.5, 0.6) is 0 Å². The Balaban J connectivity index is 1.67. The Bertz CT molecular complexity index is 1090. The fourth-order valence-electron chi connectivity index (χ4n) is 3.31. The number of carbonyl (C=O) groups excluding carboxylic acids is 1. The van der Waals surface area contributed by atoms with Crippen molar-refractivity contribution in [1.82, 2.24) is 30.2 Å². The molecule has 1 aliphatic rings. The molecule has 30 heavy (non-hydrogen) atoms. The minimum Gasteiger partial charge on any atom is -0.345 e. The molecule has 4 rings (SSSR count). The Morgan fingerprint density at radius 3 is 2.87 bits per heavy atom. The smallest absolute Gasteiger partial charge is 0.345 e. The van der Waals surface area contributed by atoms with Gasteiger partial charge in [-0.2, -0.15) is 13.2 Å². The van der Waals surface area contributed by atoms with E-state index in [4.69, 9.17) is 0 Å². The first-order chi connectivity index (χ1) is 14.2. The second kappa shape index (κ2) is 7.46. The third kappa shape index (κ3) is 3.86. The Hall–Kier alpha value is -3.38. The Morgan fingerprint density at radius 1 is 1.30 bits per heavy atom. The lowest BCUT2D eigenvalue weighted by molar-refractivity contribution is -0.139. The van der Waals surface area contributed by atoms with Crippen LogP contribution in [0, 0.1) is 5.82 Å². The second-order valence-electron chi connectivity index (χ2n) is 6.69. The molecule has 1 fully saturated rings. The number of nitrogens with one attached hydrogen (secondary N) is 2. The first-order valence-electron chi connectivity index (χ1n) is 8.78. The van der Waals surface area contributed by atoms with Crippen LogP contribution in [0.2, 0.25) is 0 Å². The van der Waals surface area contributed by atoms with E-state index < -0.39 is 43.2 Å².